The highest BCUT2D eigenvalue weighted by atomic mass is 79.9. The van der Waals surface area contributed by atoms with Crippen molar-refractivity contribution >= 4 is 39.4 Å². The van der Waals surface area contributed by atoms with E-state index in [4.69, 9.17) is 0 Å². The molecule has 0 atom stereocenters. The lowest BCUT2D eigenvalue weighted by Crippen LogP contribution is -2.22. The summed E-state index contributed by atoms with van der Waals surface area (Å²) in [5.41, 5.74) is 1.83. The van der Waals surface area contributed by atoms with Crippen molar-refractivity contribution < 1.29 is 9.59 Å². The number of hydrogen-bond donors (Lipinski definition) is 1. The second kappa shape index (κ2) is 8.89. The number of amides is 1. The van der Waals surface area contributed by atoms with Gasteiger partial charge >= 0.3 is 0 Å². The van der Waals surface area contributed by atoms with E-state index in [2.05, 4.69) is 21.2 Å². The molecule has 0 unspecified atom stereocenters. The molecule has 0 saturated heterocycles. The molecule has 1 N–H and O–H groups in total. The first-order chi connectivity index (χ1) is 11.0. The van der Waals surface area contributed by atoms with Crippen LogP contribution >= 0.6 is 27.7 Å². The zero-order valence-corrected chi connectivity index (χ0v) is 15.2. The number of Topliss-reactive ketones (excluding diaryl/α,β-unsaturated/α-hetero) is 1. The van der Waals surface area contributed by atoms with Crippen molar-refractivity contribution in [2.45, 2.75) is 18.2 Å². The molecular weight excluding hydrogens is 374 g/mol. The molecule has 0 bridgehead atoms. The molecule has 0 fully saturated rings. The summed E-state index contributed by atoms with van der Waals surface area (Å²) in [6, 6.07) is 15.5. The van der Waals surface area contributed by atoms with Crippen LogP contribution in [-0.4, -0.2) is 24.0 Å². The van der Waals surface area contributed by atoms with Gasteiger partial charge in [0.15, 0.2) is 5.78 Å². The van der Waals surface area contributed by atoms with Gasteiger partial charge in [0.2, 0.25) is 5.91 Å². The topological polar surface area (TPSA) is 46.2 Å². The minimum absolute atomic E-state index is 0.0261. The van der Waals surface area contributed by atoms with Gasteiger partial charge in [-0.3, -0.25) is 9.59 Å². The van der Waals surface area contributed by atoms with Crippen molar-refractivity contribution in [1.82, 2.24) is 5.32 Å². The van der Waals surface area contributed by atoms with E-state index in [1.807, 2.05) is 48.5 Å². The van der Waals surface area contributed by atoms with Gasteiger partial charge in [-0.25, -0.2) is 0 Å². The second-order valence-corrected chi connectivity index (χ2v) is 7.06. The Morgan fingerprint density at radius 3 is 2.30 bits per heavy atom. The van der Waals surface area contributed by atoms with E-state index in [-0.39, 0.29) is 11.7 Å². The molecule has 0 aromatic heterocycles. The first-order valence-corrected chi connectivity index (χ1v) is 9.07. The van der Waals surface area contributed by atoms with Crippen LogP contribution in [0.25, 0.3) is 0 Å². The molecule has 120 valence electrons. The lowest BCUT2D eigenvalue weighted by atomic mass is 10.1. The van der Waals surface area contributed by atoms with Crippen molar-refractivity contribution in [3.05, 3.63) is 64.1 Å². The number of halogens is 1. The average Bonchev–Trinajstić information content (AvgIpc) is 2.54. The largest absolute Gasteiger partial charge is 0.356 e. The zero-order valence-electron chi connectivity index (χ0n) is 12.8. The number of nitrogens with one attached hydrogen (secondary N) is 1. The van der Waals surface area contributed by atoms with Crippen molar-refractivity contribution in [2.75, 3.05) is 12.3 Å². The van der Waals surface area contributed by atoms with Crippen LogP contribution < -0.4 is 5.32 Å². The molecule has 1 amide bonds. The van der Waals surface area contributed by atoms with Crippen LogP contribution in [0, 0.1) is 0 Å². The van der Waals surface area contributed by atoms with Crippen LogP contribution in [0.15, 0.2) is 57.9 Å². The first kappa shape index (κ1) is 17.8. The van der Waals surface area contributed by atoms with E-state index < -0.39 is 0 Å². The zero-order chi connectivity index (χ0) is 16.7. The van der Waals surface area contributed by atoms with Crippen molar-refractivity contribution in [2.24, 2.45) is 0 Å². The summed E-state index contributed by atoms with van der Waals surface area (Å²) in [6.07, 6.45) is 0.766. The summed E-state index contributed by atoms with van der Waals surface area (Å²) in [6.45, 7) is 2.12. The predicted molar refractivity (Wildman–Crippen MR) is 98.0 cm³/mol. The highest BCUT2D eigenvalue weighted by molar-refractivity contribution is 9.10. The second-order valence-electron chi connectivity index (χ2n) is 5.10. The molecule has 0 saturated carbocycles. The number of carbonyl (C=O) groups excluding carboxylic acids is 2. The molecule has 2 aromatic rings. The molecule has 0 aliphatic rings. The van der Waals surface area contributed by atoms with Gasteiger partial charge in [0.25, 0.3) is 0 Å². The van der Waals surface area contributed by atoms with Crippen LogP contribution in [0.3, 0.4) is 0 Å². The van der Waals surface area contributed by atoms with Gasteiger partial charge in [-0.05, 0) is 36.2 Å². The molecule has 0 spiro atoms. The Morgan fingerprint density at radius 1 is 1.04 bits per heavy atom. The van der Waals surface area contributed by atoms with E-state index >= 15 is 0 Å². The SMILES string of the molecule is CC(=O)NCCc1ccc(C(=O)CSc2ccc(Br)cc2)cc1. The average molecular weight is 392 g/mol. The maximum absolute atomic E-state index is 12.2. The van der Waals surface area contributed by atoms with Crippen LogP contribution in [-0.2, 0) is 11.2 Å². The fraction of sp³-hybridized carbons (Fsp3) is 0.222. The number of ketones is 1. The van der Waals surface area contributed by atoms with Crippen LogP contribution in [0.2, 0.25) is 0 Å². The van der Waals surface area contributed by atoms with Gasteiger partial charge in [-0.15, -0.1) is 11.8 Å². The molecule has 0 heterocycles. The number of benzene rings is 2. The minimum Gasteiger partial charge on any atom is -0.356 e. The highest BCUT2D eigenvalue weighted by Gasteiger charge is 2.07. The third-order valence-electron chi connectivity index (χ3n) is 3.25. The first-order valence-electron chi connectivity index (χ1n) is 7.29. The number of hydrogen-bond acceptors (Lipinski definition) is 3. The maximum Gasteiger partial charge on any atom is 0.216 e. The van der Waals surface area contributed by atoms with E-state index in [1.54, 1.807) is 0 Å². The maximum atomic E-state index is 12.2. The van der Waals surface area contributed by atoms with E-state index in [0.717, 1.165) is 26.9 Å². The fourth-order valence-electron chi connectivity index (χ4n) is 2.00. The lowest BCUT2D eigenvalue weighted by molar-refractivity contribution is -0.118. The Labute approximate surface area is 149 Å². The Morgan fingerprint density at radius 2 is 1.70 bits per heavy atom. The Balaban J connectivity index is 1.84. The van der Waals surface area contributed by atoms with Gasteiger partial charge in [-0.2, -0.15) is 0 Å². The molecule has 0 radical (unpaired) electrons. The van der Waals surface area contributed by atoms with Gasteiger partial charge in [0, 0.05) is 28.4 Å². The van der Waals surface area contributed by atoms with Crippen LogP contribution in [0.4, 0.5) is 0 Å². The summed E-state index contributed by atoms with van der Waals surface area (Å²) in [5.74, 6) is 0.514. The highest BCUT2D eigenvalue weighted by Crippen LogP contribution is 2.21. The molecule has 5 heteroatoms. The summed E-state index contributed by atoms with van der Waals surface area (Å²) < 4.78 is 1.03. The van der Waals surface area contributed by atoms with Gasteiger partial charge in [0.1, 0.15) is 0 Å². The third-order valence-corrected chi connectivity index (χ3v) is 4.79. The normalized spacial score (nSPS) is 10.3. The standard InChI is InChI=1S/C18H18BrNO2S/c1-13(21)20-11-10-14-2-4-15(5-3-14)18(22)12-23-17-8-6-16(19)7-9-17/h2-9H,10-12H2,1H3,(H,20,21). The fourth-order valence-corrected chi connectivity index (χ4v) is 3.06. The lowest BCUT2D eigenvalue weighted by Gasteiger charge is -2.05. The van der Waals surface area contributed by atoms with E-state index in [1.165, 1.54) is 18.7 Å². The third kappa shape index (κ3) is 6.20. The Hall–Kier alpha value is -1.59. The molecular formula is C18H18BrNO2S. The summed E-state index contributed by atoms with van der Waals surface area (Å²) in [5, 5.41) is 2.76. The molecule has 2 rings (SSSR count). The number of thioether (sulfide) groups is 1. The predicted octanol–water partition coefficient (Wildman–Crippen LogP) is 4.10. The molecule has 0 aliphatic heterocycles. The summed E-state index contributed by atoms with van der Waals surface area (Å²) in [4.78, 5) is 24.1. The van der Waals surface area contributed by atoms with Crippen LogP contribution in [0.5, 0.6) is 0 Å². The molecule has 23 heavy (non-hydrogen) atoms. The van der Waals surface area contributed by atoms with Crippen molar-refractivity contribution in [3.8, 4) is 0 Å². The smallest absolute Gasteiger partial charge is 0.216 e. The van der Waals surface area contributed by atoms with E-state index in [9.17, 15) is 9.59 Å². The van der Waals surface area contributed by atoms with Crippen LogP contribution in [0.1, 0.15) is 22.8 Å². The number of rotatable bonds is 7. The quantitative estimate of drug-likeness (QED) is 0.570. The Kier molecular flexibility index (Phi) is 6.86. The van der Waals surface area contributed by atoms with Gasteiger partial charge in [0.05, 0.1) is 5.75 Å². The number of carbonyl (C=O) groups is 2. The molecule has 0 aliphatic carbocycles. The summed E-state index contributed by atoms with van der Waals surface area (Å²) >= 11 is 4.93. The van der Waals surface area contributed by atoms with E-state index in [0.29, 0.717) is 12.3 Å². The summed E-state index contributed by atoms with van der Waals surface area (Å²) in [7, 11) is 0. The monoisotopic (exact) mass is 391 g/mol. The molecule has 2 aromatic carbocycles. The van der Waals surface area contributed by atoms with Gasteiger partial charge < -0.3 is 5.32 Å². The van der Waals surface area contributed by atoms with Gasteiger partial charge in [-0.1, -0.05) is 40.2 Å². The molecule has 3 nitrogen and oxygen atoms in total. The van der Waals surface area contributed by atoms with Crippen molar-refractivity contribution in [1.29, 1.82) is 0 Å². The minimum atomic E-state index is -0.0261. The Bertz CT molecular complexity index is 668. The van der Waals surface area contributed by atoms with Crippen molar-refractivity contribution in [3.63, 3.8) is 0 Å².